The summed E-state index contributed by atoms with van der Waals surface area (Å²) in [7, 11) is 0. The van der Waals surface area contributed by atoms with Gasteiger partial charge in [-0.05, 0) is 25.1 Å². The van der Waals surface area contributed by atoms with Crippen LogP contribution in [0.15, 0.2) is 30.5 Å². The Morgan fingerprint density at radius 1 is 1.36 bits per heavy atom. The molecule has 1 heterocycles. The summed E-state index contributed by atoms with van der Waals surface area (Å²) >= 11 is 0. The molecule has 0 amide bonds. The van der Waals surface area contributed by atoms with E-state index in [1.807, 2.05) is 25.1 Å². The minimum atomic E-state index is 0.661. The average molecular weight is 188 g/mol. The van der Waals surface area contributed by atoms with Crippen molar-refractivity contribution in [2.24, 2.45) is 0 Å². The van der Waals surface area contributed by atoms with E-state index in [0.29, 0.717) is 6.61 Å². The van der Waals surface area contributed by atoms with Gasteiger partial charge >= 0.3 is 0 Å². The van der Waals surface area contributed by atoms with Crippen molar-refractivity contribution in [2.45, 2.75) is 6.92 Å². The fraction of sp³-hybridized carbons (Fsp3) is 0.182. The second kappa shape index (κ2) is 3.54. The molecule has 14 heavy (non-hydrogen) atoms. The minimum Gasteiger partial charge on any atom is -0.494 e. The third kappa shape index (κ3) is 1.48. The molecule has 2 rings (SSSR count). The summed E-state index contributed by atoms with van der Waals surface area (Å²) in [6, 6.07) is 7.53. The van der Waals surface area contributed by atoms with E-state index in [0.717, 1.165) is 22.3 Å². The van der Waals surface area contributed by atoms with Crippen molar-refractivity contribution in [3.63, 3.8) is 0 Å². The number of ether oxygens (including phenoxy) is 1. The van der Waals surface area contributed by atoms with Crippen molar-refractivity contribution in [1.82, 2.24) is 4.98 Å². The molecule has 0 unspecified atom stereocenters. The summed E-state index contributed by atoms with van der Waals surface area (Å²) in [6.07, 6.45) is 1.70. The van der Waals surface area contributed by atoms with Crippen LogP contribution in [0, 0.1) is 0 Å². The zero-order chi connectivity index (χ0) is 9.97. The zero-order valence-corrected chi connectivity index (χ0v) is 8.03. The second-order valence-electron chi connectivity index (χ2n) is 3.01. The highest BCUT2D eigenvalue weighted by Crippen LogP contribution is 2.23. The number of hydrogen-bond acceptors (Lipinski definition) is 3. The summed E-state index contributed by atoms with van der Waals surface area (Å²) in [6.45, 7) is 2.62. The standard InChI is InChI=1S/C11H12N2O/c1-2-14-8-3-4-9-10(12)5-6-13-11(9)7-8/h3-7H,2H2,1H3,(H2,12,13). The number of nitrogen functional groups attached to an aromatic ring is 1. The minimum absolute atomic E-state index is 0.661. The number of fused-ring (bicyclic) bond motifs is 1. The third-order valence-electron chi connectivity index (χ3n) is 2.06. The normalized spacial score (nSPS) is 10.4. The summed E-state index contributed by atoms with van der Waals surface area (Å²) in [4.78, 5) is 4.22. The molecule has 0 fully saturated rings. The Hall–Kier alpha value is -1.77. The van der Waals surface area contributed by atoms with Crippen LogP contribution >= 0.6 is 0 Å². The van der Waals surface area contributed by atoms with Gasteiger partial charge in [-0.3, -0.25) is 4.98 Å². The number of aromatic nitrogens is 1. The van der Waals surface area contributed by atoms with Gasteiger partial charge in [0.05, 0.1) is 12.1 Å². The van der Waals surface area contributed by atoms with Gasteiger partial charge in [0, 0.05) is 23.3 Å². The van der Waals surface area contributed by atoms with Crippen molar-refractivity contribution in [1.29, 1.82) is 0 Å². The average Bonchev–Trinajstić information content (AvgIpc) is 2.18. The Morgan fingerprint density at radius 2 is 2.21 bits per heavy atom. The van der Waals surface area contributed by atoms with Crippen LogP contribution in [-0.4, -0.2) is 11.6 Å². The highest BCUT2D eigenvalue weighted by molar-refractivity contribution is 5.90. The molecular weight excluding hydrogens is 176 g/mol. The maximum atomic E-state index is 5.80. The highest BCUT2D eigenvalue weighted by atomic mass is 16.5. The molecule has 1 aromatic carbocycles. The highest BCUT2D eigenvalue weighted by Gasteiger charge is 2.00. The number of anilines is 1. The number of rotatable bonds is 2. The van der Waals surface area contributed by atoms with E-state index < -0.39 is 0 Å². The summed E-state index contributed by atoms with van der Waals surface area (Å²) in [5.74, 6) is 0.832. The van der Waals surface area contributed by atoms with E-state index in [2.05, 4.69) is 4.98 Å². The molecule has 0 spiro atoms. The predicted octanol–water partition coefficient (Wildman–Crippen LogP) is 2.22. The third-order valence-corrected chi connectivity index (χ3v) is 2.06. The summed E-state index contributed by atoms with van der Waals surface area (Å²) in [5.41, 5.74) is 7.42. The molecule has 2 N–H and O–H groups in total. The van der Waals surface area contributed by atoms with Gasteiger partial charge in [0.15, 0.2) is 0 Å². The maximum Gasteiger partial charge on any atom is 0.121 e. The lowest BCUT2D eigenvalue weighted by atomic mass is 10.2. The molecule has 0 saturated heterocycles. The molecular formula is C11H12N2O. The number of pyridine rings is 1. The van der Waals surface area contributed by atoms with Gasteiger partial charge in [-0.15, -0.1) is 0 Å². The van der Waals surface area contributed by atoms with Crippen molar-refractivity contribution >= 4 is 16.6 Å². The molecule has 3 heteroatoms. The maximum absolute atomic E-state index is 5.80. The van der Waals surface area contributed by atoms with Crippen LogP contribution < -0.4 is 10.5 Å². The fourth-order valence-corrected chi connectivity index (χ4v) is 1.41. The van der Waals surface area contributed by atoms with Gasteiger partial charge in [-0.25, -0.2) is 0 Å². The van der Waals surface area contributed by atoms with Gasteiger partial charge in [0.1, 0.15) is 5.75 Å². The lowest BCUT2D eigenvalue weighted by Crippen LogP contribution is -1.93. The number of nitrogens with zero attached hydrogens (tertiary/aromatic N) is 1. The van der Waals surface area contributed by atoms with Gasteiger partial charge in [0.25, 0.3) is 0 Å². The largest absolute Gasteiger partial charge is 0.494 e. The van der Waals surface area contributed by atoms with Gasteiger partial charge < -0.3 is 10.5 Å². The molecule has 0 saturated carbocycles. The van der Waals surface area contributed by atoms with E-state index in [9.17, 15) is 0 Å². The Morgan fingerprint density at radius 3 is 3.00 bits per heavy atom. The SMILES string of the molecule is CCOc1ccc2c(N)ccnc2c1. The van der Waals surface area contributed by atoms with Gasteiger partial charge in [-0.1, -0.05) is 0 Å². The Kier molecular flexibility index (Phi) is 2.23. The molecule has 0 aliphatic carbocycles. The van der Waals surface area contributed by atoms with Crippen LogP contribution in [0.3, 0.4) is 0 Å². The second-order valence-corrected chi connectivity index (χ2v) is 3.01. The first-order chi connectivity index (χ1) is 6.81. The Balaban J connectivity index is 2.56. The molecule has 0 aliphatic rings. The smallest absolute Gasteiger partial charge is 0.121 e. The van der Waals surface area contributed by atoms with E-state index in [-0.39, 0.29) is 0 Å². The topological polar surface area (TPSA) is 48.1 Å². The number of nitrogens with two attached hydrogens (primary N) is 1. The molecule has 72 valence electrons. The number of hydrogen-bond donors (Lipinski definition) is 1. The van der Waals surface area contributed by atoms with Crippen LogP contribution in [0.1, 0.15) is 6.92 Å². The van der Waals surface area contributed by atoms with E-state index in [4.69, 9.17) is 10.5 Å². The monoisotopic (exact) mass is 188 g/mol. The van der Waals surface area contributed by atoms with Crippen LogP contribution in [0.2, 0.25) is 0 Å². The molecule has 1 aromatic heterocycles. The zero-order valence-electron chi connectivity index (χ0n) is 8.03. The van der Waals surface area contributed by atoms with Gasteiger partial charge in [0.2, 0.25) is 0 Å². The molecule has 3 nitrogen and oxygen atoms in total. The number of benzene rings is 1. The van der Waals surface area contributed by atoms with Crippen LogP contribution in [-0.2, 0) is 0 Å². The van der Waals surface area contributed by atoms with Crippen molar-refractivity contribution in [3.05, 3.63) is 30.5 Å². The first kappa shape index (κ1) is 8.81. The lowest BCUT2D eigenvalue weighted by molar-refractivity contribution is 0.340. The molecule has 0 radical (unpaired) electrons. The van der Waals surface area contributed by atoms with Crippen LogP contribution in [0.4, 0.5) is 5.69 Å². The van der Waals surface area contributed by atoms with Crippen molar-refractivity contribution in [2.75, 3.05) is 12.3 Å². The van der Waals surface area contributed by atoms with E-state index >= 15 is 0 Å². The first-order valence-electron chi connectivity index (χ1n) is 4.58. The Labute approximate surface area is 82.5 Å². The molecule has 2 aromatic rings. The van der Waals surface area contributed by atoms with E-state index in [1.54, 1.807) is 12.3 Å². The molecule has 0 atom stereocenters. The fourth-order valence-electron chi connectivity index (χ4n) is 1.41. The Bertz CT molecular complexity index is 454. The van der Waals surface area contributed by atoms with Gasteiger partial charge in [-0.2, -0.15) is 0 Å². The first-order valence-corrected chi connectivity index (χ1v) is 4.58. The summed E-state index contributed by atoms with van der Waals surface area (Å²) in [5, 5.41) is 0.968. The predicted molar refractivity (Wildman–Crippen MR) is 57.3 cm³/mol. The van der Waals surface area contributed by atoms with Crippen molar-refractivity contribution < 1.29 is 4.74 Å². The molecule has 0 bridgehead atoms. The lowest BCUT2D eigenvalue weighted by Gasteiger charge is -2.05. The molecule has 0 aliphatic heterocycles. The van der Waals surface area contributed by atoms with Crippen LogP contribution in [0.25, 0.3) is 10.9 Å². The van der Waals surface area contributed by atoms with Crippen LogP contribution in [0.5, 0.6) is 5.75 Å². The van der Waals surface area contributed by atoms with Crippen molar-refractivity contribution in [3.8, 4) is 5.75 Å². The van der Waals surface area contributed by atoms with E-state index in [1.165, 1.54) is 0 Å². The quantitative estimate of drug-likeness (QED) is 0.786. The summed E-state index contributed by atoms with van der Waals surface area (Å²) < 4.78 is 5.37.